The number of pyridine rings is 2. The summed E-state index contributed by atoms with van der Waals surface area (Å²) in [7, 11) is 0. The molecule has 0 spiro atoms. The van der Waals surface area contributed by atoms with Crippen molar-refractivity contribution in [1.29, 1.82) is 0 Å². The molecule has 0 amide bonds. The second-order valence-electron chi connectivity index (χ2n) is 2.15. The molecule has 0 atom stereocenters. The fourth-order valence-electron chi connectivity index (χ4n) is 1.26. The first-order chi connectivity index (χ1) is 3.97. The number of aromatic nitrogens is 2. The van der Waals surface area contributed by atoms with Crippen LogP contribution in [0.5, 0.6) is 0 Å². The maximum absolute atomic E-state index is 3.10. The zero-order valence-corrected chi connectivity index (χ0v) is 4.15. The average Bonchev–Trinajstić information content (AvgIpc) is 2.11. The third kappa shape index (κ3) is 0.135. The number of H-pyrrole nitrogens is 2. The van der Waals surface area contributed by atoms with Crippen LogP contribution in [-0.4, -0.2) is 9.97 Å². The molecule has 1 aliphatic carbocycles. The van der Waals surface area contributed by atoms with Crippen molar-refractivity contribution in [1.82, 2.24) is 9.97 Å². The second kappa shape index (κ2) is 0.616. The van der Waals surface area contributed by atoms with E-state index < -0.39 is 0 Å². The third-order valence-electron chi connectivity index (χ3n) is 1.74. The Kier molecular flexibility index (Phi) is 0.229. The molecule has 8 heavy (non-hydrogen) atoms. The van der Waals surface area contributed by atoms with Gasteiger partial charge >= 0.3 is 0 Å². The number of aromatic amines is 2. The Morgan fingerprint density at radius 3 is 2.00 bits per heavy atom. The Morgan fingerprint density at radius 1 is 1.00 bits per heavy atom. The van der Waals surface area contributed by atoms with Gasteiger partial charge in [0.05, 0.1) is 0 Å². The monoisotopic (exact) mass is 104 g/mol. The van der Waals surface area contributed by atoms with Crippen LogP contribution in [0, 0.1) is 0 Å². The van der Waals surface area contributed by atoms with E-state index in [-0.39, 0.29) is 0 Å². The van der Waals surface area contributed by atoms with Crippen LogP contribution < -0.4 is 0 Å². The van der Waals surface area contributed by atoms with Crippen molar-refractivity contribution in [3.8, 4) is 11.1 Å². The molecule has 0 aliphatic heterocycles. The van der Waals surface area contributed by atoms with E-state index in [9.17, 15) is 0 Å². The molecule has 0 saturated carbocycles. The van der Waals surface area contributed by atoms with Crippen molar-refractivity contribution < 1.29 is 0 Å². The van der Waals surface area contributed by atoms with E-state index in [0.717, 1.165) is 0 Å². The van der Waals surface area contributed by atoms with Gasteiger partial charge in [-0.15, -0.1) is 0 Å². The van der Waals surface area contributed by atoms with Crippen LogP contribution in [0.3, 0.4) is 0 Å². The largest absolute Gasteiger partial charge is 0.347 e. The molecule has 2 aromatic heterocycles. The normalized spacial score (nSPS) is 13.0. The Labute approximate surface area is 45.5 Å². The van der Waals surface area contributed by atoms with Gasteiger partial charge < -0.3 is 9.97 Å². The number of hydrogen-bond donors (Lipinski definition) is 2. The highest BCUT2D eigenvalue weighted by Crippen LogP contribution is 2.46. The number of nitrogens with one attached hydrogen (secondary N) is 2. The van der Waals surface area contributed by atoms with Crippen LogP contribution in [0.1, 0.15) is 0 Å². The molecule has 3 rings (SSSR count). The highest BCUT2D eigenvalue weighted by atomic mass is 14.9. The summed E-state index contributed by atoms with van der Waals surface area (Å²) >= 11 is 0. The number of fused-ring (bicyclic) bond motifs is 1. The summed E-state index contributed by atoms with van der Waals surface area (Å²) in [6.45, 7) is 0. The number of hydrogen-bond acceptors (Lipinski definition) is 0. The molecule has 1 aliphatic rings. The lowest BCUT2D eigenvalue weighted by atomic mass is 10.5. The number of rotatable bonds is 0. The van der Waals surface area contributed by atoms with Crippen LogP contribution in [0.4, 0.5) is 0 Å². The Morgan fingerprint density at radius 2 is 1.62 bits per heavy atom. The molecule has 2 heterocycles. The smallest absolute Gasteiger partial charge is 0.116 e. The summed E-state index contributed by atoms with van der Waals surface area (Å²) in [4.78, 5) is 6.20. The van der Waals surface area contributed by atoms with E-state index in [1.165, 1.54) is 22.2 Å². The molecule has 0 bridgehead atoms. The summed E-state index contributed by atoms with van der Waals surface area (Å²) in [5.74, 6) is 0. The average molecular weight is 104 g/mol. The molecule has 0 fully saturated rings. The summed E-state index contributed by atoms with van der Waals surface area (Å²) < 4.78 is 0. The lowest BCUT2D eigenvalue weighted by Gasteiger charge is -1.68. The highest BCUT2D eigenvalue weighted by molar-refractivity contribution is 6.19. The van der Waals surface area contributed by atoms with E-state index in [0.29, 0.717) is 0 Å². The summed E-state index contributed by atoms with van der Waals surface area (Å²) in [5, 5.41) is 1.41. The molecule has 38 valence electrons. The van der Waals surface area contributed by atoms with Gasteiger partial charge in [0.1, 0.15) is 5.65 Å². The molecule has 2 nitrogen and oxygen atoms in total. The van der Waals surface area contributed by atoms with Gasteiger partial charge in [-0.05, 0) is 0 Å². The zero-order valence-electron chi connectivity index (χ0n) is 4.15. The second-order valence-corrected chi connectivity index (χ2v) is 2.15. The van der Waals surface area contributed by atoms with Crippen LogP contribution in [0.25, 0.3) is 22.2 Å². The van der Waals surface area contributed by atoms with Gasteiger partial charge in [0.2, 0.25) is 0 Å². The van der Waals surface area contributed by atoms with Gasteiger partial charge in [-0.2, -0.15) is 0 Å². The fraction of sp³-hybridized carbons (Fsp3) is 0. The van der Waals surface area contributed by atoms with Gasteiger partial charge in [0.15, 0.2) is 0 Å². The minimum absolute atomic E-state index is 1.18. The van der Waals surface area contributed by atoms with Gasteiger partial charge in [0.25, 0.3) is 0 Å². The first-order valence-corrected chi connectivity index (χ1v) is 2.65. The Hall–Kier alpha value is -1.18. The third-order valence-corrected chi connectivity index (χ3v) is 1.74. The Balaban J connectivity index is 2.92. The maximum atomic E-state index is 3.10. The van der Waals surface area contributed by atoms with Gasteiger partial charge in [-0.25, -0.2) is 0 Å². The zero-order chi connectivity index (χ0) is 5.14. The fourth-order valence-corrected chi connectivity index (χ4v) is 1.26. The van der Waals surface area contributed by atoms with Crippen LogP contribution in [-0.2, 0) is 0 Å². The standard InChI is InChI=1S/C6H4N2/c1-3-4-2-8-6(7-1)5(3)4/h1-2,7-8H. The Bertz CT molecular complexity index is 322. The summed E-state index contributed by atoms with van der Waals surface area (Å²) in [5.41, 5.74) is 3.98. The van der Waals surface area contributed by atoms with Crippen LogP contribution >= 0.6 is 0 Å². The molecule has 0 unspecified atom stereocenters. The molecule has 0 saturated heterocycles. The predicted octanol–water partition coefficient (Wildman–Crippen LogP) is 1.48. The van der Waals surface area contributed by atoms with Crippen molar-refractivity contribution in [2.45, 2.75) is 0 Å². The predicted molar refractivity (Wildman–Crippen MR) is 31.6 cm³/mol. The van der Waals surface area contributed by atoms with E-state index in [1.54, 1.807) is 0 Å². The minimum atomic E-state index is 1.18. The minimum Gasteiger partial charge on any atom is -0.347 e. The van der Waals surface area contributed by atoms with Crippen molar-refractivity contribution in [2.75, 3.05) is 0 Å². The maximum Gasteiger partial charge on any atom is 0.116 e. The van der Waals surface area contributed by atoms with Crippen molar-refractivity contribution in [2.24, 2.45) is 0 Å². The van der Waals surface area contributed by atoms with Crippen molar-refractivity contribution >= 4 is 11.0 Å². The van der Waals surface area contributed by atoms with E-state index >= 15 is 0 Å². The van der Waals surface area contributed by atoms with Crippen LogP contribution in [0.15, 0.2) is 12.4 Å². The van der Waals surface area contributed by atoms with E-state index in [4.69, 9.17) is 0 Å². The van der Waals surface area contributed by atoms with Gasteiger partial charge in [-0.1, -0.05) is 0 Å². The van der Waals surface area contributed by atoms with E-state index in [2.05, 4.69) is 9.97 Å². The molecule has 2 N–H and O–H groups in total. The quantitative estimate of drug-likeness (QED) is 0.433. The van der Waals surface area contributed by atoms with E-state index in [1.807, 2.05) is 12.4 Å². The molecule has 2 aromatic rings. The lowest BCUT2D eigenvalue weighted by Crippen LogP contribution is -1.58. The molecule has 2 heteroatoms. The first kappa shape index (κ1) is 2.97. The van der Waals surface area contributed by atoms with Crippen LogP contribution in [0.2, 0.25) is 0 Å². The van der Waals surface area contributed by atoms with Crippen molar-refractivity contribution in [3.63, 3.8) is 0 Å². The lowest BCUT2D eigenvalue weighted by molar-refractivity contribution is 1.37. The molecule has 0 aromatic carbocycles. The van der Waals surface area contributed by atoms with Gasteiger partial charge in [0, 0.05) is 28.9 Å². The first-order valence-electron chi connectivity index (χ1n) is 2.65. The van der Waals surface area contributed by atoms with Crippen molar-refractivity contribution in [3.05, 3.63) is 12.4 Å². The molecular formula is C6H4N2. The summed E-state index contributed by atoms with van der Waals surface area (Å²) in [6, 6.07) is 0. The molecular weight excluding hydrogens is 100 g/mol. The summed E-state index contributed by atoms with van der Waals surface area (Å²) in [6.07, 6.45) is 4.08. The highest BCUT2D eigenvalue weighted by Gasteiger charge is 2.24. The SMILES string of the molecule is c1[nH]c2[nH]cc3c2c1-3. The molecule has 0 radical (unpaired) electrons. The van der Waals surface area contributed by atoms with Gasteiger partial charge in [-0.3, -0.25) is 0 Å². The topological polar surface area (TPSA) is 31.6 Å².